The molecule has 1 N–H and O–H groups in total. The summed E-state index contributed by atoms with van der Waals surface area (Å²) < 4.78 is 18.7. The molecule has 0 amide bonds. The number of carbonyl (C=O) groups is 2. The number of aryl methyl sites for hydroxylation is 1. The van der Waals surface area contributed by atoms with Gasteiger partial charge in [-0.15, -0.1) is 11.6 Å². The number of rotatable bonds is 13. The fraction of sp³-hybridized carbons (Fsp3) is 0.265. The van der Waals surface area contributed by atoms with Gasteiger partial charge < -0.3 is 19.3 Å². The van der Waals surface area contributed by atoms with Crippen molar-refractivity contribution < 1.29 is 28.9 Å². The standard InChI is InChI=1S/C34H31Cl2NO6/c1-22-7-3-4-8-28(22)29-9-5-10-34(23(29)2,43-12-6-11-35)21-42-32-17-31(27(19-38)16-30(32)36)41-20-25-13-24(18-37)14-26(15-25)33(39)40/h3-5,7-10,13-17,19,23H,6,11-12,20-21H2,1-2H3,(H,39,40). The highest BCUT2D eigenvalue weighted by Gasteiger charge is 2.40. The van der Waals surface area contributed by atoms with E-state index in [0.717, 1.165) is 16.7 Å². The largest absolute Gasteiger partial charge is 0.489 e. The van der Waals surface area contributed by atoms with E-state index in [0.29, 0.717) is 30.8 Å². The van der Waals surface area contributed by atoms with Crippen LogP contribution in [-0.2, 0) is 11.3 Å². The van der Waals surface area contributed by atoms with Crippen LogP contribution in [0.5, 0.6) is 11.5 Å². The molecule has 1 aliphatic rings. The lowest BCUT2D eigenvalue weighted by atomic mass is 9.76. The number of allylic oxidation sites excluding steroid dienone is 2. The van der Waals surface area contributed by atoms with Crippen LogP contribution >= 0.6 is 23.2 Å². The lowest BCUT2D eigenvalue weighted by Gasteiger charge is -2.40. The normalized spacial score (nSPS) is 17.6. The minimum absolute atomic E-state index is 0.0402. The highest BCUT2D eigenvalue weighted by Crippen LogP contribution is 2.41. The fourth-order valence-corrected chi connectivity index (χ4v) is 5.32. The lowest BCUT2D eigenvalue weighted by Crippen LogP contribution is -2.45. The van der Waals surface area contributed by atoms with Crippen LogP contribution in [-0.4, -0.2) is 42.1 Å². The molecule has 0 aliphatic heterocycles. The first-order valence-electron chi connectivity index (χ1n) is 13.7. The van der Waals surface area contributed by atoms with E-state index >= 15 is 0 Å². The van der Waals surface area contributed by atoms with Crippen molar-refractivity contribution in [2.45, 2.75) is 32.5 Å². The highest BCUT2D eigenvalue weighted by atomic mass is 35.5. The van der Waals surface area contributed by atoms with Crippen molar-refractivity contribution in [1.82, 2.24) is 0 Å². The maximum Gasteiger partial charge on any atom is 0.335 e. The summed E-state index contributed by atoms with van der Waals surface area (Å²) in [6.45, 7) is 4.62. The molecule has 2 atom stereocenters. The SMILES string of the molecule is Cc1ccccc1C1=CC=CC(COc2cc(OCc3cc(C#N)cc(C(=O)O)c3)c(C=O)cc2Cl)(OCCCCl)C1C. The molecule has 4 rings (SSSR count). The number of carboxylic acids is 1. The Morgan fingerprint density at radius 3 is 2.63 bits per heavy atom. The summed E-state index contributed by atoms with van der Waals surface area (Å²) in [5.41, 5.74) is 3.34. The number of carboxylic acid groups (broad SMARTS) is 1. The molecule has 1 aliphatic carbocycles. The van der Waals surface area contributed by atoms with Crippen LogP contribution in [0.25, 0.3) is 5.57 Å². The Kier molecular flexibility index (Phi) is 10.7. The number of aldehydes is 1. The van der Waals surface area contributed by atoms with E-state index in [1.807, 2.05) is 30.4 Å². The Bertz CT molecular complexity index is 1610. The van der Waals surface area contributed by atoms with Gasteiger partial charge in [-0.1, -0.05) is 54.9 Å². The summed E-state index contributed by atoms with van der Waals surface area (Å²) in [7, 11) is 0. The molecule has 9 heteroatoms. The maximum absolute atomic E-state index is 11.8. The molecule has 0 aromatic heterocycles. The molecular formula is C34H31Cl2NO6. The van der Waals surface area contributed by atoms with Crippen LogP contribution in [0.1, 0.15) is 56.3 Å². The zero-order valence-electron chi connectivity index (χ0n) is 23.8. The number of nitriles is 1. The van der Waals surface area contributed by atoms with Crippen molar-refractivity contribution in [3.05, 3.63) is 111 Å². The van der Waals surface area contributed by atoms with Crippen LogP contribution in [0, 0.1) is 24.2 Å². The minimum atomic E-state index is -1.16. The number of nitrogens with zero attached hydrogens (tertiary/aromatic N) is 1. The summed E-state index contributed by atoms with van der Waals surface area (Å²) in [5.74, 6) is -0.317. The number of benzene rings is 3. The zero-order valence-corrected chi connectivity index (χ0v) is 25.3. The second kappa shape index (κ2) is 14.4. The molecule has 3 aromatic rings. The van der Waals surface area contributed by atoms with Gasteiger partial charge >= 0.3 is 5.97 Å². The van der Waals surface area contributed by atoms with E-state index in [4.69, 9.17) is 37.4 Å². The molecule has 0 fully saturated rings. The molecule has 7 nitrogen and oxygen atoms in total. The number of hydrogen-bond donors (Lipinski definition) is 1. The van der Waals surface area contributed by atoms with Gasteiger partial charge in [0.05, 0.1) is 27.8 Å². The van der Waals surface area contributed by atoms with Crippen molar-refractivity contribution in [1.29, 1.82) is 5.26 Å². The van der Waals surface area contributed by atoms with Gasteiger partial charge in [0.15, 0.2) is 6.29 Å². The van der Waals surface area contributed by atoms with Gasteiger partial charge in [0.2, 0.25) is 0 Å². The Morgan fingerprint density at radius 1 is 1.14 bits per heavy atom. The fourth-order valence-electron chi connectivity index (χ4n) is 4.98. The molecule has 0 saturated heterocycles. The van der Waals surface area contributed by atoms with Gasteiger partial charge in [-0.2, -0.15) is 5.26 Å². The highest BCUT2D eigenvalue weighted by molar-refractivity contribution is 6.32. The van der Waals surface area contributed by atoms with Gasteiger partial charge in [-0.05, 0) is 65.9 Å². The second-order valence-electron chi connectivity index (χ2n) is 10.2. The molecule has 0 bridgehead atoms. The summed E-state index contributed by atoms with van der Waals surface area (Å²) >= 11 is 12.5. The number of aromatic carboxylic acids is 1. The van der Waals surface area contributed by atoms with Crippen molar-refractivity contribution in [2.24, 2.45) is 5.92 Å². The molecule has 0 spiro atoms. The zero-order chi connectivity index (χ0) is 31.0. The van der Waals surface area contributed by atoms with Gasteiger partial charge in [0.25, 0.3) is 0 Å². The summed E-state index contributed by atoms with van der Waals surface area (Å²) in [6.07, 6.45) is 7.32. The first-order valence-corrected chi connectivity index (χ1v) is 14.6. The van der Waals surface area contributed by atoms with E-state index in [2.05, 4.69) is 32.1 Å². The van der Waals surface area contributed by atoms with Gasteiger partial charge in [-0.3, -0.25) is 4.79 Å². The minimum Gasteiger partial charge on any atom is -0.489 e. The predicted octanol–water partition coefficient (Wildman–Crippen LogP) is 7.66. The van der Waals surface area contributed by atoms with Crippen LogP contribution in [0.3, 0.4) is 0 Å². The topological polar surface area (TPSA) is 106 Å². The monoisotopic (exact) mass is 619 g/mol. The van der Waals surface area contributed by atoms with Gasteiger partial charge in [0.1, 0.15) is 30.3 Å². The lowest BCUT2D eigenvalue weighted by molar-refractivity contribution is -0.0591. The average Bonchev–Trinajstić information content (AvgIpc) is 3.01. The number of alkyl halides is 1. The predicted molar refractivity (Wildman–Crippen MR) is 166 cm³/mol. The number of hydrogen-bond acceptors (Lipinski definition) is 6. The Hall–Kier alpha value is -4.09. The molecule has 0 radical (unpaired) electrons. The van der Waals surface area contributed by atoms with E-state index in [-0.39, 0.29) is 52.3 Å². The number of carbonyl (C=O) groups excluding carboxylic acids is 1. The van der Waals surface area contributed by atoms with Crippen LogP contribution in [0.4, 0.5) is 0 Å². The Morgan fingerprint density at radius 2 is 1.93 bits per heavy atom. The third kappa shape index (κ3) is 7.47. The summed E-state index contributed by atoms with van der Waals surface area (Å²) in [6, 6.07) is 17.3. The third-order valence-electron chi connectivity index (χ3n) is 7.37. The maximum atomic E-state index is 11.8. The van der Waals surface area contributed by atoms with Gasteiger partial charge in [-0.25, -0.2) is 4.79 Å². The first-order chi connectivity index (χ1) is 20.7. The Balaban J connectivity index is 1.60. The van der Waals surface area contributed by atoms with Crippen molar-refractivity contribution in [3.8, 4) is 17.6 Å². The summed E-state index contributed by atoms with van der Waals surface area (Å²) in [4.78, 5) is 23.3. The molecule has 43 heavy (non-hydrogen) atoms. The molecule has 0 saturated carbocycles. The van der Waals surface area contributed by atoms with Crippen molar-refractivity contribution >= 4 is 41.0 Å². The number of halogens is 2. The van der Waals surface area contributed by atoms with E-state index in [1.54, 1.807) is 0 Å². The quantitative estimate of drug-likeness (QED) is 0.119. The molecule has 3 aromatic carbocycles. The van der Waals surface area contributed by atoms with Crippen LogP contribution < -0.4 is 9.47 Å². The Labute approximate surface area is 260 Å². The average molecular weight is 621 g/mol. The molecule has 0 heterocycles. The molecule has 222 valence electrons. The van der Waals surface area contributed by atoms with Crippen LogP contribution in [0.15, 0.2) is 72.8 Å². The van der Waals surface area contributed by atoms with Crippen LogP contribution in [0.2, 0.25) is 5.02 Å². The molecular weight excluding hydrogens is 589 g/mol. The van der Waals surface area contributed by atoms with E-state index < -0.39 is 11.6 Å². The third-order valence-corrected chi connectivity index (χ3v) is 7.93. The van der Waals surface area contributed by atoms with Crippen molar-refractivity contribution in [2.75, 3.05) is 19.1 Å². The number of ether oxygens (including phenoxy) is 3. The van der Waals surface area contributed by atoms with Gasteiger partial charge in [0, 0.05) is 24.5 Å². The first kappa shape index (κ1) is 31.8. The smallest absolute Gasteiger partial charge is 0.335 e. The summed E-state index contributed by atoms with van der Waals surface area (Å²) in [5, 5.41) is 18.9. The van der Waals surface area contributed by atoms with E-state index in [9.17, 15) is 20.0 Å². The second-order valence-corrected chi connectivity index (χ2v) is 11.0. The molecule has 2 unspecified atom stereocenters. The van der Waals surface area contributed by atoms with E-state index in [1.165, 1.54) is 30.3 Å². The van der Waals surface area contributed by atoms with Crippen molar-refractivity contribution in [3.63, 3.8) is 0 Å².